The Morgan fingerprint density at radius 1 is 1.11 bits per heavy atom. The van der Waals surface area contributed by atoms with Crippen LogP contribution in [0.25, 0.3) is 0 Å². The van der Waals surface area contributed by atoms with Gasteiger partial charge in [-0.1, -0.05) is 0 Å². The summed E-state index contributed by atoms with van der Waals surface area (Å²) < 4.78 is 24.8. The zero-order valence-corrected chi connectivity index (χ0v) is 4.82. The van der Waals surface area contributed by atoms with Crippen LogP contribution in [0.1, 0.15) is 0 Å². The molecule has 0 radical (unpaired) electrons. The summed E-state index contributed by atoms with van der Waals surface area (Å²) in [5.41, 5.74) is 0. The van der Waals surface area contributed by atoms with Gasteiger partial charge in [-0.25, -0.2) is 8.78 Å². The Hall–Kier alpha value is -0.220. The fourth-order valence-electron chi connectivity index (χ4n) is 1.29. The highest BCUT2D eigenvalue weighted by Crippen LogP contribution is 2.42. The molecule has 0 spiro atoms. The number of nitrogens with one attached hydrogen (secondary N) is 2. The molecule has 1 saturated heterocycles. The molecular weight excluding hydrogens is 126 g/mol. The molecule has 2 rings (SSSR count). The number of halogens is 2. The maximum atomic E-state index is 12.4. The third kappa shape index (κ3) is 0.602. The second-order valence-electron chi connectivity index (χ2n) is 2.54. The van der Waals surface area contributed by atoms with Crippen LogP contribution < -0.4 is 10.6 Å². The Labute approximate surface area is 51.6 Å². The van der Waals surface area contributed by atoms with E-state index in [0.29, 0.717) is 13.1 Å². The summed E-state index contributed by atoms with van der Waals surface area (Å²) in [6.07, 6.45) is 0. The minimum atomic E-state index is -2.48. The number of fused-ring (bicyclic) bond motifs is 1. The van der Waals surface area contributed by atoms with Crippen LogP contribution in [-0.4, -0.2) is 31.1 Å². The van der Waals surface area contributed by atoms with Crippen molar-refractivity contribution in [1.29, 1.82) is 0 Å². The van der Waals surface area contributed by atoms with Crippen molar-refractivity contribution in [2.45, 2.75) is 18.0 Å². The third-order valence-corrected chi connectivity index (χ3v) is 1.91. The van der Waals surface area contributed by atoms with Crippen LogP contribution in [0.4, 0.5) is 8.78 Å². The first kappa shape index (κ1) is 5.56. The van der Waals surface area contributed by atoms with E-state index in [1.807, 2.05) is 0 Å². The number of alkyl halides is 2. The van der Waals surface area contributed by atoms with Crippen molar-refractivity contribution in [3.8, 4) is 0 Å². The molecule has 2 fully saturated rings. The topological polar surface area (TPSA) is 24.1 Å². The highest BCUT2D eigenvalue weighted by Gasteiger charge is 2.69. The van der Waals surface area contributed by atoms with Crippen molar-refractivity contribution in [2.24, 2.45) is 0 Å². The zero-order chi connectivity index (χ0) is 6.48. The molecule has 1 aliphatic heterocycles. The van der Waals surface area contributed by atoms with E-state index in [1.165, 1.54) is 0 Å². The van der Waals surface area contributed by atoms with Crippen LogP contribution >= 0.6 is 0 Å². The molecule has 0 amide bonds. The van der Waals surface area contributed by atoms with Gasteiger partial charge in [0.1, 0.15) is 0 Å². The standard InChI is InChI=1S/C5H8F2N2/c6-5(7)3-4(5)9-2-1-8-3/h3-4,8-9H,1-2H2. The highest BCUT2D eigenvalue weighted by atomic mass is 19.3. The molecule has 2 atom stereocenters. The van der Waals surface area contributed by atoms with Gasteiger partial charge in [-0.05, 0) is 0 Å². The van der Waals surface area contributed by atoms with E-state index in [4.69, 9.17) is 0 Å². The first-order valence-corrected chi connectivity index (χ1v) is 3.07. The van der Waals surface area contributed by atoms with Crippen molar-refractivity contribution < 1.29 is 8.78 Å². The first-order valence-electron chi connectivity index (χ1n) is 3.07. The van der Waals surface area contributed by atoms with Crippen LogP contribution in [0.2, 0.25) is 0 Å². The van der Waals surface area contributed by atoms with Gasteiger partial charge < -0.3 is 10.6 Å². The lowest BCUT2D eigenvalue weighted by molar-refractivity contribution is 0.100. The Bertz CT molecular complexity index is 123. The summed E-state index contributed by atoms with van der Waals surface area (Å²) in [6, 6.07) is -1.16. The summed E-state index contributed by atoms with van der Waals surface area (Å²) in [5.74, 6) is -2.48. The lowest BCUT2D eigenvalue weighted by Crippen LogP contribution is -2.39. The van der Waals surface area contributed by atoms with Gasteiger partial charge in [0, 0.05) is 13.1 Å². The van der Waals surface area contributed by atoms with Gasteiger partial charge >= 0.3 is 0 Å². The van der Waals surface area contributed by atoms with Crippen molar-refractivity contribution in [3.05, 3.63) is 0 Å². The molecule has 1 heterocycles. The minimum absolute atomic E-state index is 0.578. The van der Waals surface area contributed by atoms with Crippen LogP contribution in [0.5, 0.6) is 0 Å². The molecule has 0 aromatic carbocycles. The average molecular weight is 134 g/mol. The van der Waals surface area contributed by atoms with Gasteiger partial charge in [0.25, 0.3) is 5.92 Å². The summed E-state index contributed by atoms with van der Waals surface area (Å²) in [4.78, 5) is 0. The number of piperazine rings is 1. The largest absolute Gasteiger partial charge is 0.306 e. The Morgan fingerprint density at radius 2 is 1.56 bits per heavy atom. The van der Waals surface area contributed by atoms with E-state index >= 15 is 0 Å². The zero-order valence-electron chi connectivity index (χ0n) is 4.82. The second kappa shape index (κ2) is 1.44. The van der Waals surface area contributed by atoms with Crippen molar-refractivity contribution >= 4 is 0 Å². The summed E-state index contributed by atoms with van der Waals surface area (Å²) >= 11 is 0. The monoisotopic (exact) mass is 134 g/mol. The molecule has 2 aliphatic rings. The van der Waals surface area contributed by atoms with E-state index in [9.17, 15) is 8.78 Å². The first-order chi connectivity index (χ1) is 4.23. The summed E-state index contributed by atoms with van der Waals surface area (Å²) in [5, 5.41) is 5.47. The molecule has 1 saturated carbocycles. The molecule has 52 valence electrons. The van der Waals surface area contributed by atoms with Crippen LogP contribution in [0.3, 0.4) is 0 Å². The Balaban J connectivity index is 2.06. The Morgan fingerprint density at radius 3 is 1.89 bits per heavy atom. The van der Waals surface area contributed by atoms with E-state index in [-0.39, 0.29) is 0 Å². The van der Waals surface area contributed by atoms with Crippen LogP contribution in [-0.2, 0) is 0 Å². The molecule has 0 aromatic heterocycles. The SMILES string of the molecule is FC1(F)C2NCCNC21. The maximum Gasteiger partial charge on any atom is 0.281 e. The van der Waals surface area contributed by atoms with Crippen molar-refractivity contribution in [1.82, 2.24) is 10.6 Å². The molecule has 2 N–H and O–H groups in total. The van der Waals surface area contributed by atoms with Crippen molar-refractivity contribution in [2.75, 3.05) is 13.1 Å². The molecule has 0 aromatic rings. The smallest absolute Gasteiger partial charge is 0.281 e. The van der Waals surface area contributed by atoms with Crippen molar-refractivity contribution in [3.63, 3.8) is 0 Å². The van der Waals surface area contributed by atoms with Crippen LogP contribution in [0, 0.1) is 0 Å². The van der Waals surface area contributed by atoms with Gasteiger partial charge in [-0.15, -0.1) is 0 Å². The van der Waals surface area contributed by atoms with Gasteiger partial charge in [0.05, 0.1) is 12.1 Å². The highest BCUT2D eigenvalue weighted by molar-refractivity contribution is 5.19. The molecule has 2 unspecified atom stereocenters. The maximum absolute atomic E-state index is 12.4. The van der Waals surface area contributed by atoms with E-state index < -0.39 is 18.0 Å². The van der Waals surface area contributed by atoms with E-state index in [0.717, 1.165) is 0 Å². The third-order valence-electron chi connectivity index (χ3n) is 1.91. The minimum Gasteiger partial charge on any atom is -0.306 e. The number of hydrogen-bond donors (Lipinski definition) is 2. The molecule has 4 heteroatoms. The Kier molecular flexibility index (Phi) is 0.887. The molecule has 1 aliphatic carbocycles. The molecule has 0 bridgehead atoms. The van der Waals surface area contributed by atoms with Gasteiger partial charge in [0.2, 0.25) is 0 Å². The fourth-order valence-corrected chi connectivity index (χ4v) is 1.29. The van der Waals surface area contributed by atoms with Gasteiger partial charge in [0.15, 0.2) is 0 Å². The van der Waals surface area contributed by atoms with E-state index in [2.05, 4.69) is 10.6 Å². The normalized spacial score (nSPS) is 46.0. The van der Waals surface area contributed by atoms with Gasteiger partial charge in [-0.3, -0.25) is 0 Å². The fraction of sp³-hybridized carbons (Fsp3) is 1.00. The number of hydrogen-bond acceptors (Lipinski definition) is 2. The van der Waals surface area contributed by atoms with Gasteiger partial charge in [-0.2, -0.15) is 0 Å². The molecule has 2 nitrogen and oxygen atoms in total. The predicted molar refractivity (Wildman–Crippen MR) is 28.5 cm³/mol. The second-order valence-corrected chi connectivity index (χ2v) is 2.54. The lowest BCUT2D eigenvalue weighted by Gasteiger charge is -2.08. The quantitative estimate of drug-likeness (QED) is 0.469. The summed E-state index contributed by atoms with van der Waals surface area (Å²) in [7, 11) is 0. The lowest BCUT2D eigenvalue weighted by atomic mass is 10.4. The summed E-state index contributed by atoms with van der Waals surface area (Å²) in [6.45, 7) is 1.33. The number of rotatable bonds is 0. The molecule has 9 heavy (non-hydrogen) atoms. The predicted octanol–water partition coefficient (Wildman–Crippen LogP) is -0.435. The van der Waals surface area contributed by atoms with E-state index in [1.54, 1.807) is 0 Å². The average Bonchev–Trinajstić information content (AvgIpc) is 2.39. The molecular formula is C5H8F2N2. The van der Waals surface area contributed by atoms with Crippen LogP contribution in [0.15, 0.2) is 0 Å².